The van der Waals surface area contributed by atoms with Crippen LogP contribution in [0, 0.1) is 11.7 Å². The molecule has 6 heteroatoms. The minimum Gasteiger partial charge on any atom is -0.396 e. The molecule has 1 saturated heterocycles. The average molecular weight is 259 g/mol. The molecule has 2 rings (SSSR count). The van der Waals surface area contributed by atoms with Gasteiger partial charge in [-0.1, -0.05) is 0 Å². The number of aliphatic hydroxyl groups excluding tert-OH is 1. The van der Waals surface area contributed by atoms with Crippen molar-refractivity contribution in [2.75, 3.05) is 19.7 Å². The van der Waals surface area contributed by atoms with Crippen LogP contribution in [0.3, 0.4) is 0 Å². The van der Waals surface area contributed by atoms with Gasteiger partial charge in [-0.3, -0.25) is 0 Å². The molecular weight excluding hydrogens is 245 g/mol. The van der Waals surface area contributed by atoms with Crippen LogP contribution in [0.1, 0.15) is 6.42 Å². The maximum Gasteiger partial charge on any atom is 0.243 e. The Balaban J connectivity index is 2.22. The first-order valence-corrected chi connectivity index (χ1v) is 6.84. The molecule has 1 atom stereocenters. The smallest absolute Gasteiger partial charge is 0.243 e. The van der Waals surface area contributed by atoms with Gasteiger partial charge in [0.2, 0.25) is 10.0 Å². The number of sulfonamides is 1. The molecule has 1 aliphatic rings. The fraction of sp³-hybridized carbons (Fsp3) is 0.455. The van der Waals surface area contributed by atoms with E-state index in [4.69, 9.17) is 5.11 Å². The fourth-order valence-electron chi connectivity index (χ4n) is 1.92. The van der Waals surface area contributed by atoms with Crippen LogP contribution in [0.15, 0.2) is 29.2 Å². The van der Waals surface area contributed by atoms with Gasteiger partial charge in [0, 0.05) is 19.7 Å². The molecule has 17 heavy (non-hydrogen) atoms. The fourth-order valence-corrected chi connectivity index (χ4v) is 3.45. The van der Waals surface area contributed by atoms with E-state index in [-0.39, 0.29) is 17.4 Å². The normalized spacial score (nSPS) is 21.9. The zero-order valence-corrected chi connectivity index (χ0v) is 10.0. The second kappa shape index (κ2) is 4.72. The summed E-state index contributed by atoms with van der Waals surface area (Å²) in [5.41, 5.74) is 0. The van der Waals surface area contributed by atoms with E-state index < -0.39 is 15.8 Å². The first-order valence-electron chi connectivity index (χ1n) is 5.40. The highest BCUT2D eigenvalue weighted by Crippen LogP contribution is 2.23. The lowest BCUT2D eigenvalue weighted by atomic mass is 10.1. The minimum atomic E-state index is -3.54. The molecule has 1 aromatic rings. The maximum atomic E-state index is 12.7. The Bertz CT molecular complexity index is 486. The van der Waals surface area contributed by atoms with E-state index in [9.17, 15) is 12.8 Å². The Labute approximate surface area is 99.7 Å². The number of hydrogen-bond acceptors (Lipinski definition) is 3. The number of benzene rings is 1. The van der Waals surface area contributed by atoms with E-state index >= 15 is 0 Å². The Morgan fingerprint density at radius 1 is 1.35 bits per heavy atom. The molecule has 1 heterocycles. The molecule has 0 bridgehead atoms. The number of nitrogens with zero attached hydrogens (tertiary/aromatic N) is 1. The molecule has 1 fully saturated rings. The Morgan fingerprint density at radius 3 is 2.53 bits per heavy atom. The molecule has 0 aliphatic carbocycles. The molecule has 1 N–H and O–H groups in total. The third kappa shape index (κ3) is 2.48. The van der Waals surface area contributed by atoms with Gasteiger partial charge in [-0.05, 0) is 36.6 Å². The van der Waals surface area contributed by atoms with E-state index in [1.807, 2.05) is 0 Å². The first-order chi connectivity index (χ1) is 8.04. The van der Waals surface area contributed by atoms with Gasteiger partial charge < -0.3 is 5.11 Å². The Kier molecular flexibility index (Phi) is 3.46. The summed E-state index contributed by atoms with van der Waals surface area (Å²) < 4.78 is 38.3. The summed E-state index contributed by atoms with van der Waals surface area (Å²) >= 11 is 0. The molecule has 0 spiro atoms. The van der Waals surface area contributed by atoms with Gasteiger partial charge in [0.1, 0.15) is 5.82 Å². The van der Waals surface area contributed by atoms with Gasteiger partial charge in [0.05, 0.1) is 4.90 Å². The van der Waals surface area contributed by atoms with Crippen molar-refractivity contribution in [1.82, 2.24) is 4.31 Å². The van der Waals surface area contributed by atoms with Gasteiger partial charge >= 0.3 is 0 Å². The second-order valence-electron chi connectivity index (χ2n) is 4.15. The quantitative estimate of drug-likeness (QED) is 0.874. The van der Waals surface area contributed by atoms with Gasteiger partial charge in [0.15, 0.2) is 0 Å². The third-order valence-corrected chi connectivity index (χ3v) is 4.84. The van der Waals surface area contributed by atoms with Gasteiger partial charge in [-0.2, -0.15) is 4.31 Å². The van der Waals surface area contributed by atoms with Crippen molar-refractivity contribution < 1.29 is 17.9 Å². The monoisotopic (exact) mass is 259 g/mol. The summed E-state index contributed by atoms with van der Waals surface area (Å²) in [5.74, 6) is -0.455. The molecule has 94 valence electrons. The molecular formula is C11H14FNO3S. The molecule has 4 nitrogen and oxygen atoms in total. The zero-order valence-electron chi connectivity index (χ0n) is 9.21. The standard InChI is InChI=1S/C11H14FNO3S/c12-10-1-3-11(4-2-10)17(15,16)13-6-5-9(7-13)8-14/h1-4,9,14H,5-8H2. The predicted molar refractivity (Wildman–Crippen MR) is 60.4 cm³/mol. The molecule has 0 radical (unpaired) electrons. The van der Waals surface area contributed by atoms with Crippen LogP contribution >= 0.6 is 0 Å². The van der Waals surface area contributed by atoms with Crippen LogP contribution in [0.5, 0.6) is 0 Å². The van der Waals surface area contributed by atoms with Crippen LogP contribution < -0.4 is 0 Å². The van der Waals surface area contributed by atoms with Crippen LogP contribution in [-0.2, 0) is 10.0 Å². The number of halogens is 1. The van der Waals surface area contributed by atoms with Gasteiger partial charge in [-0.25, -0.2) is 12.8 Å². The minimum absolute atomic E-state index is 0.00453. The summed E-state index contributed by atoms with van der Waals surface area (Å²) in [5, 5.41) is 8.99. The predicted octanol–water partition coefficient (Wildman–Crippen LogP) is 0.829. The number of aliphatic hydroxyl groups is 1. The van der Waals surface area contributed by atoms with Crippen molar-refractivity contribution in [2.24, 2.45) is 5.92 Å². The van der Waals surface area contributed by atoms with E-state index in [0.29, 0.717) is 19.5 Å². The molecule has 1 aliphatic heterocycles. The Morgan fingerprint density at radius 2 is 2.00 bits per heavy atom. The van der Waals surface area contributed by atoms with Gasteiger partial charge in [0.25, 0.3) is 0 Å². The highest BCUT2D eigenvalue weighted by molar-refractivity contribution is 7.89. The lowest BCUT2D eigenvalue weighted by molar-refractivity contribution is 0.233. The maximum absolute atomic E-state index is 12.7. The van der Waals surface area contributed by atoms with Gasteiger partial charge in [-0.15, -0.1) is 0 Å². The molecule has 1 aromatic carbocycles. The molecule has 0 aromatic heterocycles. The van der Waals surface area contributed by atoms with Crippen molar-refractivity contribution in [1.29, 1.82) is 0 Å². The van der Waals surface area contributed by atoms with Crippen molar-refractivity contribution in [2.45, 2.75) is 11.3 Å². The first kappa shape index (κ1) is 12.5. The average Bonchev–Trinajstić information content (AvgIpc) is 2.78. The SMILES string of the molecule is O=S(=O)(c1ccc(F)cc1)N1CCC(CO)C1. The summed E-state index contributed by atoms with van der Waals surface area (Å²) in [6, 6.07) is 4.78. The molecule has 0 amide bonds. The number of rotatable bonds is 3. The highest BCUT2D eigenvalue weighted by Gasteiger charge is 2.31. The topological polar surface area (TPSA) is 57.6 Å². The highest BCUT2D eigenvalue weighted by atomic mass is 32.2. The van der Waals surface area contributed by atoms with E-state index in [0.717, 1.165) is 12.1 Å². The largest absolute Gasteiger partial charge is 0.396 e. The van der Waals surface area contributed by atoms with Crippen molar-refractivity contribution >= 4 is 10.0 Å². The zero-order chi connectivity index (χ0) is 12.5. The van der Waals surface area contributed by atoms with E-state index in [2.05, 4.69) is 0 Å². The number of hydrogen-bond donors (Lipinski definition) is 1. The molecule has 1 unspecified atom stereocenters. The third-order valence-electron chi connectivity index (χ3n) is 2.96. The van der Waals surface area contributed by atoms with Crippen molar-refractivity contribution in [3.63, 3.8) is 0 Å². The summed E-state index contributed by atoms with van der Waals surface area (Å²) in [4.78, 5) is 0.0949. The second-order valence-corrected chi connectivity index (χ2v) is 6.09. The van der Waals surface area contributed by atoms with Crippen LogP contribution in [0.2, 0.25) is 0 Å². The van der Waals surface area contributed by atoms with Crippen LogP contribution in [0.25, 0.3) is 0 Å². The lowest BCUT2D eigenvalue weighted by Gasteiger charge is -2.16. The summed E-state index contributed by atoms with van der Waals surface area (Å²) in [7, 11) is -3.54. The summed E-state index contributed by atoms with van der Waals surface area (Å²) in [6.45, 7) is 0.733. The summed E-state index contributed by atoms with van der Waals surface area (Å²) in [6.07, 6.45) is 0.664. The molecule has 0 saturated carbocycles. The van der Waals surface area contributed by atoms with E-state index in [1.54, 1.807) is 0 Å². The van der Waals surface area contributed by atoms with E-state index in [1.165, 1.54) is 16.4 Å². The van der Waals surface area contributed by atoms with Crippen LogP contribution in [0.4, 0.5) is 4.39 Å². The van der Waals surface area contributed by atoms with Crippen LogP contribution in [-0.4, -0.2) is 37.5 Å². The van der Waals surface area contributed by atoms with Crippen molar-refractivity contribution in [3.05, 3.63) is 30.1 Å². The lowest BCUT2D eigenvalue weighted by Crippen LogP contribution is -2.29. The Hall–Kier alpha value is -0.980. The van der Waals surface area contributed by atoms with Crippen molar-refractivity contribution in [3.8, 4) is 0 Å².